The topological polar surface area (TPSA) is 173 Å². The third-order valence-electron chi connectivity index (χ3n) is 5.20. The van der Waals surface area contributed by atoms with Crippen LogP contribution in [0.25, 0.3) is 22.8 Å². The molecule has 0 saturated carbocycles. The van der Waals surface area contributed by atoms with Gasteiger partial charge in [0.05, 0.1) is 43.0 Å². The minimum absolute atomic E-state index is 0.00258. The van der Waals surface area contributed by atoms with E-state index in [2.05, 4.69) is 0 Å². The average Bonchev–Trinajstić information content (AvgIpc) is 3.11. The van der Waals surface area contributed by atoms with E-state index in [1.54, 1.807) is 36.4 Å². The molecule has 0 bridgehead atoms. The number of allylic oxidation sites excluding steroid dienone is 2. The summed E-state index contributed by atoms with van der Waals surface area (Å²) in [4.78, 5) is 43.0. The van der Waals surface area contributed by atoms with Crippen molar-refractivity contribution in [2.45, 2.75) is 0 Å². The molecule has 3 aromatic carbocycles. The molecule has 168 valence electrons. The van der Waals surface area contributed by atoms with Crippen LogP contribution in [0.3, 0.4) is 0 Å². The van der Waals surface area contributed by atoms with Crippen molar-refractivity contribution in [2.24, 2.45) is 0 Å². The van der Waals surface area contributed by atoms with Gasteiger partial charge in [-0.15, -0.1) is 0 Å². The maximum absolute atomic E-state index is 11.8. The van der Waals surface area contributed by atoms with Gasteiger partial charge < -0.3 is 0 Å². The van der Waals surface area contributed by atoms with Crippen LogP contribution in [0.1, 0.15) is 16.7 Å². The van der Waals surface area contributed by atoms with Gasteiger partial charge in [-0.3, -0.25) is 40.5 Å². The van der Waals surface area contributed by atoms with Gasteiger partial charge in [0.15, 0.2) is 0 Å². The number of non-ortho nitro benzene ring substituents is 2. The molecule has 1 aliphatic rings. The highest BCUT2D eigenvalue weighted by Gasteiger charge is 2.40. The Morgan fingerprint density at radius 3 is 1.50 bits per heavy atom. The Morgan fingerprint density at radius 2 is 1.09 bits per heavy atom. The lowest BCUT2D eigenvalue weighted by Crippen LogP contribution is -1.99. The Hall–Kier alpha value is -5.26. The molecule has 0 spiro atoms. The zero-order valence-corrected chi connectivity index (χ0v) is 17.0. The molecule has 0 atom stereocenters. The lowest BCUT2D eigenvalue weighted by molar-refractivity contribution is -0.395. The van der Waals surface area contributed by atoms with Crippen molar-refractivity contribution >= 4 is 34.4 Å². The molecular formula is C22H12N4O8. The van der Waals surface area contributed by atoms with Crippen LogP contribution in [0.2, 0.25) is 0 Å². The molecule has 0 fully saturated rings. The lowest BCUT2D eigenvalue weighted by atomic mass is 10.0. The van der Waals surface area contributed by atoms with Crippen molar-refractivity contribution in [3.8, 4) is 11.1 Å². The Bertz CT molecular complexity index is 1380. The van der Waals surface area contributed by atoms with E-state index >= 15 is 0 Å². The van der Waals surface area contributed by atoms with Gasteiger partial charge in [-0.2, -0.15) is 0 Å². The van der Waals surface area contributed by atoms with E-state index in [4.69, 9.17) is 0 Å². The van der Waals surface area contributed by atoms with Crippen LogP contribution in [-0.4, -0.2) is 19.7 Å². The Balaban J connectivity index is 2.08. The van der Waals surface area contributed by atoms with Crippen molar-refractivity contribution in [1.29, 1.82) is 0 Å². The molecule has 0 aromatic heterocycles. The molecule has 34 heavy (non-hydrogen) atoms. The number of benzene rings is 3. The quantitative estimate of drug-likeness (QED) is 0.270. The molecule has 0 N–H and O–H groups in total. The van der Waals surface area contributed by atoms with Gasteiger partial charge >= 0.3 is 0 Å². The molecule has 12 heteroatoms. The maximum atomic E-state index is 11.8. The second-order valence-electron chi connectivity index (χ2n) is 7.15. The summed E-state index contributed by atoms with van der Waals surface area (Å²) in [5.41, 5.74) is -2.06. The largest absolute Gasteiger partial charge is 0.284 e. The van der Waals surface area contributed by atoms with Gasteiger partial charge in [0.2, 0.25) is 0 Å². The van der Waals surface area contributed by atoms with E-state index in [-0.39, 0.29) is 27.8 Å². The Morgan fingerprint density at radius 1 is 0.618 bits per heavy atom. The first kappa shape index (κ1) is 22.0. The van der Waals surface area contributed by atoms with Crippen LogP contribution in [0.4, 0.5) is 22.7 Å². The van der Waals surface area contributed by atoms with Crippen molar-refractivity contribution in [3.63, 3.8) is 0 Å². The fourth-order valence-electron chi connectivity index (χ4n) is 3.82. The predicted molar refractivity (Wildman–Crippen MR) is 121 cm³/mol. The number of nitrogens with zero attached hydrogens (tertiary/aromatic N) is 4. The smallest absolute Gasteiger partial charge is 0.258 e. The Labute approximate surface area is 189 Å². The molecule has 1 aliphatic carbocycles. The fraction of sp³-hybridized carbons (Fsp3) is 0. The molecule has 4 rings (SSSR count). The lowest BCUT2D eigenvalue weighted by Gasteiger charge is -2.04. The molecule has 0 aliphatic heterocycles. The molecule has 12 nitrogen and oxygen atoms in total. The van der Waals surface area contributed by atoms with Gasteiger partial charge in [-0.25, -0.2) is 0 Å². The summed E-state index contributed by atoms with van der Waals surface area (Å²) < 4.78 is 0. The van der Waals surface area contributed by atoms with Crippen LogP contribution in [0.5, 0.6) is 0 Å². The molecule has 3 aromatic rings. The molecule has 0 saturated heterocycles. The number of hydrogen-bond acceptors (Lipinski definition) is 8. The SMILES string of the molecule is O=[N+]([O-])c1cc2c(c([N+](=O)[O-])c1)-c1c(cc([N+](=O)[O-])cc1[N+](=O)[O-])C2=CC=Cc1ccccc1. The van der Waals surface area contributed by atoms with Gasteiger partial charge in [0, 0.05) is 23.3 Å². The van der Waals surface area contributed by atoms with E-state index < -0.39 is 42.4 Å². The molecule has 0 amide bonds. The number of nitro groups is 4. The minimum Gasteiger partial charge on any atom is -0.258 e. The van der Waals surface area contributed by atoms with E-state index in [0.29, 0.717) is 0 Å². The van der Waals surface area contributed by atoms with Crippen molar-refractivity contribution in [2.75, 3.05) is 0 Å². The number of fused-ring (bicyclic) bond motifs is 3. The van der Waals surface area contributed by atoms with Crippen molar-refractivity contribution in [3.05, 3.63) is 124 Å². The monoisotopic (exact) mass is 460 g/mol. The summed E-state index contributed by atoms with van der Waals surface area (Å²) in [6.07, 6.45) is 4.69. The van der Waals surface area contributed by atoms with E-state index in [0.717, 1.165) is 29.8 Å². The highest BCUT2D eigenvalue weighted by atomic mass is 16.6. The third-order valence-corrected chi connectivity index (χ3v) is 5.20. The normalized spacial score (nSPS) is 11.7. The highest BCUT2D eigenvalue weighted by molar-refractivity contribution is 6.08. The van der Waals surface area contributed by atoms with Crippen molar-refractivity contribution in [1.82, 2.24) is 0 Å². The zero-order chi connectivity index (χ0) is 24.6. The molecule has 0 radical (unpaired) electrons. The summed E-state index contributed by atoms with van der Waals surface area (Å²) in [6, 6.07) is 12.6. The van der Waals surface area contributed by atoms with E-state index in [1.165, 1.54) is 6.08 Å². The third kappa shape index (κ3) is 3.75. The van der Waals surface area contributed by atoms with E-state index in [9.17, 15) is 40.5 Å². The molecular weight excluding hydrogens is 448 g/mol. The maximum Gasteiger partial charge on any atom is 0.284 e. The van der Waals surface area contributed by atoms with Crippen LogP contribution >= 0.6 is 0 Å². The fourth-order valence-corrected chi connectivity index (χ4v) is 3.82. The second-order valence-corrected chi connectivity index (χ2v) is 7.15. The molecule has 0 heterocycles. The Kier molecular flexibility index (Phi) is 5.39. The number of nitro benzene ring substituents is 4. The summed E-state index contributed by atoms with van der Waals surface area (Å²) in [5, 5.41) is 46.4. The number of rotatable bonds is 6. The van der Waals surface area contributed by atoms with Crippen LogP contribution < -0.4 is 0 Å². The van der Waals surface area contributed by atoms with Gasteiger partial charge in [-0.1, -0.05) is 48.6 Å². The average molecular weight is 460 g/mol. The first-order chi connectivity index (χ1) is 16.2. The number of hydrogen-bond donors (Lipinski definition) is 0. The molecule has 0 unspecified atom stereocenters. The standard InChI is InChI=1S/C22H12N4O8/c27-23(28)14-9-17-16(8-4-7-13-5-2-1-3-6-13)18-10-15(24(29)30)12-20(26(33)34)22(18)21(17)19(11-14)25(31)32/h1-12H. The minimum atomic E-state index is -0.872. The van der Waals surface area contributed by atoms with Gasteiger partial charge in [-0.05, 0) is 11.1 Å². The summed E-state index contributed by atoms with van der Waals surface area (Å²) in [5.74, 6) is 0. The second kappa shape index (κ2) is 8.35. The van der Waals surface area contributed by atoms with Crippen molar-refractivity contribution < 1.29 is 19.7 Å². The summed E-state index contributed by atoms with van der Waals surface area (Å²) in [7, 11) is 0. The van der Waals surface area contributed by atoms with Crippen LogP contribution in [0.15, 0.2) is 66.7 Å². The van der Waals surface area contributed by atoms with Crippen LogP contribution in [-0.2, 0) is 0 Å². The summed E-state index contributed by atoms with van der Waals surface area (Å²) >= 11 is 0. The summed E-state index contributed by atoms with van der Waals surface area (Å²) in [6.45, 7) is 0. The predicted octanol–water partition coefficient (Wildman–Crippen LogP) is 5.44. The first-order valence-corrected chi connectivity index (χ1v) is 9.57. The zero-order valence-electron chi connectivity index (χ0n) is 17.0. The van der Waals surface area contributed by atoms with Crippen LogP contribution in [0, 0.1) is 40.5 Å². The van der Waals surface area contributed by atoms with Gasteiger partial charge in [0.1, 0.15) is 0 Å². The van der Waals surface area contributed by atoms with Gasteiger partial charge in [0.25, 0.3) is 22.7 Å². The first-order valence-electron chi connectivity index (χ1n) is 9.57. The van der Waals surface area contributed by atoms with E-state index in [1.807, 2.05) is 6.07 Å². The highest BCUT2D eigenvalue weighted by Crippen LogP contribution is 2.54.